The van der Waals surface area contributed by atoms with Crippen LogP contribution in [0.2, 0.25) is 5.28 Å². The summed E-state index contributed by atoms with van der Waals surface area (Å²) in [4.78, 5) is 42.3. The number of carboxylic acid groups (broad SMARTS) is 1. The molecule has 0 atom stereocenters. The number of nitrogens with zero attached hydrogens (tertiary/aromatic N) is 5. The van der Waals surface area contributed by atoms with Crippen molar-refractivity contribution in [2.75, 3.05) is 10.7 Å². The Hall–Kier alpha value is -2.25. The van der Waals surface area contributed by atoms with Gasteiger partial charge in [0.15, 0.2) is 0 Å². The number of carbonyl (C=O) groups is 2. The van der Waals surface area contributed by atoms with Gasteiger partial charge >= 0.3 is 118 Å². The molecule has 302 valence electrons. The van der Waals surface area contributed by atoms with Gasteiger partial charge in [-0.05, 0) is 90.3 Å². The van der Waals surface area contributed by atoms with Crippen LogP contribution in [0, 0.1) is 6.92 Å². The van der Waals surface area contributed by atoms with Gasteiger partial charge < -0.3 is 28.9 Å². The number of Topliss-reactive ketones (excluding diaryl/α,β-unsaturated/α-hetero) is 1. The van der Waals surface area contributed by atoms with Crippen LogP contribution in [0.3, 0.4) is 0 Å². The van der Waals surface area contributed by atoms with Crippen molar-refractivity contribution >= 4 is 110 Å². The van der Waals surface area contributed by atoms with Crippen LogP contribution >= 0.6 is 22.9 Å². The van der Waals surface area contributed by atoms with Gasteiger partial charge in [0.2, 0.25) is 22.6 Å². The van der Waals surface area contributed by atoms with Crippen LogP contribution < -0.4 is 140 Å². The quantitative estimate of drug-likeness (QED) is 0.0652. The fourth-order valence-corrected chi connectivity index (χ4v) is 8.79. The van der Waals surface area contributed by atoms with Gasteiger partial charge in [0.1, 0.15) is 41.1 Å². The SMILES string of the molecule is Cc1cc2sc(-c3ccc(Nc4nc(Cl)[nH]c(=Nc5cc(S(=O)(=O)[O-])cc6c5C(=O)/C(=N/Nc5ccccc5C(=O)[O-])C(S(=O)(=O)[O-])=C6)n4)cc3)nc2cc1S(=O)(=O)[O-].[Na+].[Na+].[Na+].[Na+]. The van der Waals surface area contributed by atoms with Crippen LogP contribution in [0.5, 0.6) is 0 Å². The molecule has 2 aromatic heterocycles. The summed E-state index contributed by atoms with van der Waals surface area (Å²) >= 11 is 7.48. The number of rotatable bonds is 10. The molecule has 0 fully saturated rings. The topological polar surface area (TPSA) is 332 Å². The Morgan fingerprint density at radius 2 is 1.51 bits per heavy atom. The largest absolute Gasteiger partial charge is 1.00 e. The van der Waals surface area contributed by atoms with E-state index >= 15 is 0 Å². The van der Waals surface area contributed by atoms with E-state index in [-0.39, 0.29) is 146 Å². The molecular formula is C34H19ClN8Na4O12S4. The molecule has 0 saturated heterocycles. The van der Waals surface area contributed by atoms with E-state index in [1.807, 2.05) is 0 Å². The standard InChI is InChI=1S/C34H23ClN8O12S4.4Na/c1-15-10-24-22(14-25(15)58(50,51)52)37-30(56-24)16-6-8-18(9-7-16)36-33-39-32(35)40-34(41-33)38-23-13-19(57(47,48)49)11-17-12-26(59(53,54)55)28(29(44)27(17)23)43-42-21-5-3-2-4-20(21)31(45)46;;;;/h2-14,42H,1H3,(H,45,46)(H,47,48,49)(H,50,51,52)(H,53,54,55)(H2,36,38,39,40,41);;;;/q;4*+1/p-4/b43-28+;;;;. The molecule has 2 heterocycles. The van der Waals surface area contributed by atoms with Crippen molar-refractivity contribution in [3.05, 3.63) is 111 Å². The van der Waals surface area contributed by atoms with Gasteiger partial charge in [-0.25, -0.2) is 35.2 Å². The van der Waals surface area contributed by atoms with Crippen LogP contribution in [0.15, 0.2) is 97.6 Å². The zero-order valence-corrected chi connectivity index (χ0v) is 45.2. The molecule has 1 aliphatic rings. The molecule has 1 aliphatic carbocycles. The number of allylic oxidation sites excluding steroid dienone is 1. The molecule has 0 unspecified atom stereocenters. The van der Waals surface area contributed by atoms with Gasteiger partial charge in [0.25, 0.3) is 0 Å². The number of aromatic carboxylic acids is 1. The molecule has 4 aromatic carbocycles. The number of halogens is 1. The van der Waals surface area contributed by atoms with Crippen molar-refractivity contribution in [3.63, 3.8) is 0 Å². The monoisotopic (exact) mass is 986 g/mol. The zero-order valence-electron chi connectivity index (χ0n) is 33.2. The summed E-state index contributed by atoms with van der Waals surface area (Å²) in [6.07, 6.45) is 0.606. The summed E-state index contributed by atoms with van der Waals surface area (Å²) in [6.45, 7) is 1.51. The Bertz CT molecular complexity index is 3300. The number of aromatic amines is 1. The van der Waals surface area contributed by atoms with E-state index in [0.29, 0.717) is 44.7 Å². The number of para-hydroxylation sites is 1. The Morgan fingerprint density at radius 3 is 2.13 bits per heavy atom. The third kappa shape index (κ3) is 12.6. The first-order valence-electron chi connectivity index (χ1n) is 16.1. The van der Waals surface area contributed by atoms with Crippen molar-refractivity contribution in [1.82, 2.24) is 19.9 Å². The molecule has 7 rings (SSSR count). The number of carboxylic acids is 1. The molecule has 0 bridgehead atoms. The van der Waals surface area contributed by atoms with Crippen molar-refractivity contribution < 1.29 is 172 Å². The number of hydrogen-bond acceptors (Lipinski definition) is 20. The van der Waals surface area contributed by atoms with E-state index in [2.05, 4.69) is 40.8 Å². The molecule has 0 saturated carbocycles. The molecule has 29 heteroatoms. The molecule has 20 nitrogen and oxygen atoms in total. The number of ketones is 1. The summed E-state index contributed by atoms with van der Waals surface area (Å²) in [5, 5.41) is 18.4. The minimum atomic E-state index is -5.53. The van der Waals surface area contributed by atoms with E-state index in [9.17, 15) is 53.6 Å². The second kappa shape index (κ2) is 21.6. The van der Waals surface area contributed by atoms with Gasteiger partial charge in [-0.1, -0.05) is 18.2 Å². The normalized spacial score (nSPS) is 13.4. The minimum Gasteiger partial charge on any atom is -0.744 e. The average molecular weight is 987 g/mol. The van der Waals surface area contributed by atoms with Gasteiger partial charge in [0, 0.05) is 16.8 Å². The molecule has 63 heavy (non-hydrogen) atoms. The first-order chi connectivity index (χ1) is 27.7. The summed E-state index contributed by atoms with van der Waals surface area (Å²) in [5.41, 5.74) is 0.0916. The fourth-order valence-electron chi connectivity index (χ4n) is 5.69. The van der Waals surface area contributed by atoms with Crippen molar-refractivity contribution in [3.8, 4) is 10.6 Å². The van der Waals surface area contributed by atoms with Gasteiger partial charge in [-0.3, -0.25) is 15.2 Å². The smallest absolute Gasteiger partial charge is 0.744 e. The van der Waals surface area contributed by atoms with Crippen LogP contribution in [0.1, 0.15) is 31.8 Å². The molecule has 0 spiro atoms. The van der Waals surface area contributed by atoms with Gasteiger partial charge in [-0.2, -0.15) is 15.1 Å². The number of nitrogens with one attached hydrogen (secondary N) is 3. The fraction of sp³-hybridized carbons (Fsp3) is 0.0294. The molecule has 0 radical (unpaired) electrons. The number of thiazole rings is 1. The Morgan fingerprint density at radius 1 is 0.841 bits per heavy atom. The van der Waals surface area contributed by atoms with Crippen LogP contribution in [0.25, 0.3) is 26.9 Å². The first kappa shape index (κ1) is 55.1. The molecule has 3 N–H and O–H groups in total. The van der Waals surface area contributed by atoms with Crippen molar-refractivity contribution in [2.45, 2.75) is 16.7 Å². The second-order valence-electron chi connectivity index (χ2n) is 12.2. The third-order valence-electron chi connectivity index (χ3n) is 8.28. The average Bonchev–Trinajstić information content (AvgIpc) is 3.55. The zero-order chi connectivity index (χ0) is 42.6. The number of anilines is 3. The first-order valence-corrected chi connectivity index (χ1v) is 21.5. The second-order valence-corrected chi connectivity index (χ2v) is 17.7. The predicted molar refractivity (Wildman–Crippen MR) is 206 cm³/mol. The molecular weight excluding hydrogens is 968 g/mol. The van der Waals surface area contributed by atoms with Crippen molar-refractivity contribution in [1.29, 1.82) is 0 Å². The maximum atomic E-state index is 14.0. The Balaban J connectivity index is 0.00000264. The maximum Gasteiger partial charge on any atom is 1.00 e. The van der Waals surface area contributed by atoms with Crippen LogP contribution in [-0.2, 0) is 30.4 Å². The number of hydrazone groups is 1. The van der Waals surface area contributed by atoms with E-state index < -0.39 is 85.6 Å². The minimum absolute atomic E-state index is 0. The number of fused-ring (bicyclic) bond motifs is 2. The van der Waals surface area contributed by atoms with Gasteiger partial charge in [-0.15, -0.1) is 11.3 Å². The Labute approximate surface area is 454 Å². The Kier molecular flexibility index (Phi) is 18.9. The van der Waals surface area contributed by atoms with Crippen molar-refractivity contribution in [2.24, 2.45) is 10.1 Å². The number of benzene rings is 4. The van der Waals surface area contributed by atoms with Gasteiger partial charge in [0.05, 0.1) is 47.8 Å². The van der Waals surface area contributed by atoms with E-state index in [1.54, 1.807) is 30.3 Å². The number of aryl methyl sites for hydroxylation is 1. The summed E-state index contributed by atoms with van der Waals surface area (Å²) in [5.74, 6) is -3.15. The van der Waals surface area contributed by atoms with Crippen LogP contribution in [-0.4, -0.2) is 76.3 Å². The van der Waals surface area contributed by atoms with E-state index in [1.165, 1.54) is 42.5 Å². The predicted octanol–water partition coefficient (Wildman–Crippen LogP) is -9.24. The molecule has 6 aromatic rings. The number of hydrogen-bond donors (Lipinski definition) is 3. The maximum absolute atomic E-state index is 14.0. The van der Waals surface area contributed by atoms with E-state index in [0.717, 1.165) is 6.07 Å². The summed E-state index contributed by atoms with van der Waals surface area (Å²) in [6, 6.07) is 15.8. The molecule has 0 aliphatic heterocycles. The number of carbonyl (C=O) groups excluding carboxylic acids is 2. The number of H-pyrrole nitrogens is 1. The number of aromatic nitrogens is 4. The summed E-state index contributed by atoms with van der Waals surface area (Å²) in [7, 11) is -15.5. The third-order valence-corrected chi connectivity index (χ3v) is 12.2. The van der Waals surface area contributed by atoms with E-state index in [4.69, 9.17) is 11.6 Å². The van der Waals surface area contributed by atoms with Crippen LogP contribution in [0.4, 0.5) is 23.0 Å². The summed E-state index contributed by atoms with van der Waals surface area (Å²) < 4.78 is 109. The molecule has 0 amide bonds.